The minimum absolute atomic E-state index is 0.164. The maximum Gasteiger partial charge on any atom is 0.310 e. The number of imidazole rings is 1. The number of halogens is 2. The Balaban J connectivity index is 1.76. The van der Waals surface area contributed by atoms with E-state index in [0.717, 1.165) is 57.1 Å². The van der Waals surface area contributed by atoms with Gasteiger partial charge in [0, 0.05) is 44.1 Å². The van der Waals surface area contributed by atoms with Gasteiger partial charge in [0.1, 0.15) is 5.69 Å². The van der Waals surface area contributed by atoms with Crippen molar-refractivity contribution in [2.75, 3.05) is 25.4 Å². The third-order valence-corrected chi connectivity index (χ3v) is 9.69. The van der Waals surface area contributed by atoms with Crippen LogP contribution in [-0.2, 0) is 27.8 Å². The first-order valence-electron chi connectivity index (χ1n) is 18.4. The molecule has 1 saturated heterocycles. The normalized spacial score (nSPS) is 15.2. The highest BCUT2D eigenvalue weighted by molar-refractivity contribution is 6.39. The lowest BCUT2D eigenvalue weighted by Crippen LogP contribution is -2.44. The molecule has 0 saturated carbocycles. The molecule has 49 heavy (non-hydrogen) atoms. The zero-order valence-corrected chi connectivity index (χ0v) is 31.4. The molecular weight excluding hydrogens is 659 g/mol. The van der Waals surface area contributed by atoms with Crippen molar-refractivity contribution < 1.29 is 14.3 Å². The van der Waals surface area contributed by atoms with Gasteiger partial charge in [-0.05, 0) is 50.7 Å². The number of ether oxygens (including phenoxy) is 1. The van der Waals surface area contributed by atoms with Gasteiger partial charge >= 0.3 is 5.97 Å². The Morgan fingerprint density at radius 2 is 1.59 bits per heavy atom. The van der Waals surface area contributed by atoms with E-state index in [4.69, 9.17) is 33.7 Å². The molecule has 1 aliphatic heterocycles. The van der Waals surface area contributed by atoms with Gasteiger partial charge in [-0.15, -0.1) is 0 Å². The fourth-order valence-corrected chi connectivity index (χ4v) is 6.79. The van der Waals surface area contributed by atoms with E-state index in [9.17, 15) is 9.59 Å². The maximum absolute atomic E-state index is 14.5. The van der Waals surface area contributed by atoms with Crippen molar-refractivity contribution in [1.29, 1.82) is 0 Å². The highest BCUT2D eigenvalue weighted by atomic mass is 35.5. The average molecular weight is 718 g/mol. The van der Waals surface area contributed by atoms with E-state index >= 15 is 0 Å². The number of benzene rings is 1. The van der Waals surface area contributed by atoms with E-state index in [1.807, 2.05) is 11.6 Å². The number of carbonyl (C=O) groups is 2. The van der Waals surface area contributed by atoms with E-state index in [1.54, 1.807) is 29.6 Å². The van der Waals surface area contributed by atoms with Gasteiger partial charge in [-0.2, -0.15) is 0 Å². The highest BCUT2D eigenvalue weighted by Gasteiger charge is 2.40. The summed E-state index contributed by atoms with van der Waals surface area (Å²) < 4.78 is 7.73. The van der Waals surface area contributed by atoms with Crippen LogP contribution in [0.15, 0.2) is 41.8 Å². The molecule has 0 bridgehead atoms. The Morgan fingerprint density at radius 1 is 0.959 bits per heavy atom. The summed E-state index contributed by atoms with van der Waals surface area (Å²) in [5.41, 5.74) is 7.54. The Bertz CT molecular complexity index is 1340. The fourth-order valence-electron chi connectivity index (χ4n) is 6.20. The number of nitrogens with two attached hydrogens (primary N) is 1. The van der Waals surface area contributed by atoms with Crippen LogP contribution in [0.3, 0.4) is 0 Å². The van der Waals surface area contributed by atoms with Crippen molar-refractivity contribution >= 4 is 52.4 Å². The lowest BCUT2D eigenvalue weighted by atomic mass is 9.83. The number of nitrogens with one attached hydrogen (secondary N) is 1. The van der Waals surface area contributed by atoms with Gasteiger partial charge in [-0.1, -0.05) is 107 Å². The standard InChI is InChI=1S/C38H58Cl2N6O3/c1-4-6-8-9-10-11-12-13-14-15-16-17-18-20-31(32(26-30-27-42-28-45(30)3)37(48)49-23-19-7-5-2)36(47)46-22-21-43-38(46)44-35-33(39)24-29(41)25-34(35)40/h13-14,24-25,27-28,31-32H,4-12,15-23,26,41H2,1-3H3,(H,43,44)/b14-13-/t31-,32+/m0/s1. The Labute approximate surface area is 304 Å². The largest absolute Gasteiger partial charge is 0.465 e. The van der Waals surface area contributed by atoms with E-state index in [2.05, 4.69) is 41.3 Å². The van der Waals surface area contributed by atoms with Crippen LogP contribution in [0.25, 0.3) is 0 Å². The number of aliphatic imine (C=N–C) groups is 1. The first-order chi connectivity index (χ1) is 23.8. The third kappa shape index (κ3) is 13.7. The van der Waals surface area contributed by atoms with Gasteiger partial charge in [-0.25, -0.2) is 9.98 Å². The van der Waals surface area contributed by atoms with Crippen LogP contribution < -0.4 is 11.1 Å². The first-order valence-corrected chi connectivity index (χ1v) is 19.2. The summed E-state index contributed by atoms with van der Waals surface area (Å²) in [7, 11) is 1.90. The van der Waals surface area contributed by atoms with E-state index < -0.39 is 11.8 Å². The molecule has 0 aliphatic carbocycles. The van der Waals surface area contributed by atoms with Gasteiger partial charge in [0.2, 0.25) is 11.9 Å². The molecule has 2 aromatic rings. The number of nitrogen functional groups attached to an aromatic ring is 1. The lowest BCUT2D eigenvalue weighted by molar-refractivity contribution is -0.154. The van der Waals surface area contributed by atoms with Gasteiger partial charge in [-0.3, -0.25) is 14.5 Å². The molecule has 1 fully saturated rings. The molecule has 3 rings (SSSR count). The molecule has 1 aromatic carbocycles. The average Bonchev–Trinajstić information content (AvgIpc) is 3.72. The zero-order chi connectivity index (χ0) is 35.4. The molecule has 2 heterocycles. The Morgan fingerprint density at radius 3 is 2.24 bits per heavy atom. The molecule has 3 N–H and O–H groups in total. The molecule has 0 unspecified atom stereocenters. The molecule has 2 atom stereocenters. The molecule has 0 spiro atoms. The number of amides is 1. The van der Waals surface area contributed by atoms with Crippen molar-refractivity contribution in [1.82, 2.24) is 19.8 Å². The Hall–Kier alpha value is -3.04. The van der Waals surface area contributed by atoms with Gasteiger partial charge < -0.3 is 20.4 Å². The fraction of sp³-hybridized carbons (Fsp3) is 0.632. The molecular formula is C38H58Cl2N6O3. The minimum atomic E-state index is -0.674. The van der Waals surface area contributed by atoms with Crippen molar-refractivity contribution in [2.45, 2.75) is 117 Å². The van der Waals surface area contributed by atoms with Crippen LogP contribution in [0, 0.1) is 11.8 Å². The van der Waals surface area contributed by atoms with Crippen LogP contribution in [0.4, 0.5) is 11.4 Å². The lowest BCUT2D eigenvalue weighted by Gasteiger charge is -2.29. The smallest absolute Gasteiger partial charge is 0.310 e. The molecule has 1 aromatic heterocycles. The number of aryl methyl sites for hydroxylation is 1. The summed E-state index contributed by atoms with van der Waals surface area (Å²) in [5.74, 6) is -1.44. The van der Waals surface area contributed by atoms with Crippen molar-refractivity contribution in [2.24, 2.45) is 23.9 Å². The second-order valence-electron chi connectivity index (χ2n) is 13.1. The van der Waals surface area contributed by atoms with Crippen LogP contribution in [0.5, 0.6) is 0 Å². The van der Waals surface area contributed by atoms with Crippen LogP contribution in [0.1, 0.15) is 116 Å². The van der Waals surface area contributed by atoms with Gasteiger partial charge in [0.15, 0.2) is 0 Å². The maximum atomic E-state index is 14.5. The number of rotatable bonds is 23. The number of anilines is 1. The van der Waals surface area contributed by atoms with E-state index in [1.165, 1.54) is 38.5 Å². The predicted octanol–water partition coefficient (Wildman–Crippen LogP) is 9.19. The third-order valence-electron chi connectivity index (χ3n) is 9.12. The van der Waals surface area contributed by atoms with Crippen molar-refractivity contribution in [3.8, 4) is 0 Å². The summed E-state index contributed by atoms with van der Waals surface area (Å²) in [5, 5.41) is 3.80. The number of guanidine groups is 1. The topological polar surface area (TPSA) is 115 Å². The number of unbranched alkanes of at least 4 members (excludes halogenated alkanes) is 11. The predicted molar refractivity (Wildman–Crippen MR) is 202 cm³/mol. The monoisotopic (exact) mass is 716 g/mol. The number of allylic oxidation sites excluding steroid dienone is 2. The van der Waals surface area contributed by atoms with Gasteiger partial charge in [0.05, 0.1) is 34.8 Å². The quantitative estimate of drug-likeness (QED) is 0.0513. The zero-order valence-electron chi connectivity index (χ0n) is 29.9. The second kappa shape index (κ2) is 22.6. The van der Waals surface area contributed by atoms with E-state index in [-0.39, 0.29) is 11.9 Å². The number of esters is 1. The van der Waals surface area contributed by atoms with Crippen molar-refractivity contribution in [3.05, 3.63) is 52.5 Å². The second-order valence-corrected chi connectivity index (χ2v) is 14.0. The van der Waals surface area contributed by atoms with Crippen LogP contribution in [0.2, 0.25) is 10.0 Å². The summed E-state index contributed by atoms with van der Waals surface area (Å²) in [4.78, 5) is 38.9. The molecule has 1 amide bonds. The van der Waals surface area contributed by atoms with Gasteiger partial charge in [0.25, 0.3) is 0 Å². The van der Waals surface area contributed by atoms with Crippen molar-refractivity contribution in [3.63, 3.8) is 0 Å². The van der Waals surface area contributed by atoms with E-state index in [0.29, 0.717) is 59.9 Å². The summed E-state index contributed by atoms with van der Waals surface area (Å²) in [6.45, 7) is 5.62. The molecule has 0 radical (unpaired) electrons. The SMILES string of the molecule is CCCCCCCC/C=C\CCCCC[C@H](C(=O)N1CCN/C1=N\c1c(Cl)cc(N)cc1Cl)[C@@H](Cc1cncn1C)C(=O)OCCCCC. The molecule has 272 valence electrons. The molecule has 1 aliphatic rings. The first kappa shape index (κ1) is 40.4. The number of hydrogen-bond donors (Lipinski definition) is 2. The Kier molecular flexibility index (Phi) is 18.7. The summed E-state index contributed by atoms with van der Waals surface area (Å²) in [6.07, 6.45) is 24.6. The molecule has 9 nitrogen and oxygen atoms in total. The number of aromatic nitrogens is 2. The number of nitrogens with zero attached hydrogens (tertiary/aromatic N) is 4. The minimum Gasteiger partial charge on any atom is -0.465 e. The summed E-state index contributed by atoms with van der Waals surface area (Å²) >= 11 is 12.9. The molecule has 11 heteroatoms. The number of carbonyl (C=O) groups excluding carboxylic acids is 2. The number of hydrogen-bond acceptors (Lipinski definition) is 6. The van der Waals surface area contributed by atoms with Crippen LogP contribution in [-0.4, -0.2) is 52.0 Å². The highest BCUT2D eigenvalue weighted by Crippen LogP contribution is 2.36. The summed E-state index contributed by atoms with van der Waals surface area (Å²) in [6, 6.07) is 3.16. The van der Waals surface area contributed by atoms with Crippen LogP contribution >= 0.6 is 23.2 Å².